The zero-order chi connectivity index (χ0) is 54.8. The third-order valence-electron chi connectivity index (χ3n) is 12.6. The van der Waals surface area contributed by atoms with Crippen LogP contribution >= 0.6 is 15.6 Å². The number of hydrogen-bond donors (Lipinski definition) is 3. The number of rotatable bonds is 56. The molecule has 3 N–H and O–H groups in total. The molecule has 0 rings (SSSR count). The van der Waals surface area contributed by atoms with E-state index in [9.17, 15) is 43.2 Å². The number of unbranched alkanes of at least 4 members (excludes halogenated alkanes) is 30. The van der Waals surface area contributed by atoms with Crippen LogP contribution < -0.4 is 0 Å². The number of aliphatic hydroxyl groups excluding tert-OH is 1. The predicted octanol–water partition coefficient (Wildman–Crippen LogP) is 14.4. The Labute approximate surface area is 447 Å². The van der Waals surface area contributed by atoms with Crippen LogP contribution in [-0.2, 0) is 65.4 Å². The average Bonchev–Trinajstić information content (AvgIpc) is 3.37. The van der Waals surface area contributed by atoms with Crippen molar-refractivity contribution in [2.45, 2.75) is 290 Å². The molecule has 0 aliphatic rings. The second kappa shape index (κ2) is 50.6. The van der Waals surface area contributed by atoms with E-state index in [-0.39, 0.29) is 25.7 Å². The number of esters is 4. The summed E-state index contributed by atoms with van der Waals surface area (Å²) >= 11 is 0. The van der Waals surface area contributed by atoms with E-state index in [1.54, 1.807) is 0 Å². The Bertz CT molecular complexity index is 1450. The highest BCUT2D eigenvalue weighted by atomic mass is 31.2. The van der Waals surface area contributed by atoms with Crippen molar-refractivity contribution in [1.29, 1.82) is 0 Å². The van der Waals surface area contributed by atoms with E-state index in [2.05, 4.69) is 27.7 Å². The fourth-order valence-electron chi connectivity index (χ4n) is 8.04. The maximum atomic E-state index is 12.9. The minimum absolute atomic E-state index is 0.104. The molecule has 0 heterocycles. The van der Waals surface area contributed by atoms with E-state index in [0.717, 1.165) is 116 Å². The minimum Gasteiger partial charge on any atom is -0.462 e. The summed E-state index contributed by atoms with van der Waals surface area (Å²) in [4.78, 5) is 71.5. The Morgan fingerprint density at radius 1 is 0.324 bits per heavy atom. The van der Waals surface area contributed by atoms with Gasteiger partial charge in [-0.25, -0.2) is 9.13 Å². The smallest absolute Gasteiger partial charge is 0.462 e. The molecular weight excluding hydrogens is 995 g/mol. The lowest BCUT2D eigenvalue weighted by molar-refractivity contribution is -0.161. The molecule has 0 saturated carbocycles. The van der Waals surface area contributed by atoms with Gasteiger partial charge in [0.2, 0.25) is 0 Å². The fraction of sp³-hybridized carbons (Fsp3) is 0.927. The summed E-state index contributed by atoms with van der Waals surface area (Å²) in [5, 5.41) is 10.5. The number of hydrogen-bond acceptors (Lipinski definition) is 15. The van der Waals surface area contributed by atoms with Gasteiger partial charge in [-0.3, -0.25) is 37.3 Å². The van der Waals surface area contributed by atoms with E-state index in [1.165, 1.54) is 77.0 Å². The van der Waals surface area contributed by atoms with Crippen LogP contribution in [0.1, 0.15) is 272 Å². The second-order valence-corrected chi connectivity index (χ2v) is 22.9. The van der Waals surface area contributed by atoms with Crippen molar-refractivity contribution in [3.8, 4) is 0 Å². The van der Waals surface area contributed by atoms with Gasteiger partial charge in [0.1, 0.15) is 19.3 Å². The Hall–Kier alpha value is -1.94. The van der Waals surface area contributed by atoms with E-state index in [1.807, 2.05) is 0 Å². The van der Waals surface area contributed by atoms with E-state index >= 15 is 0 Å². The van der Waals surface area contributed by atoms with Gasteiger partial charge in [-0.1, -0.05) is 220 Å². The molecule has 0 fully saturated rings. The summed E-state index contributed by atoms with van der Waals surface area (Å²) < 4.78 is 67.4. The first kappa shape index (κ1) is 72.1. The van der Waals surface area contributed by atoms with Gasteiger partial charge in [0, 0.05) is 25.7 Å². The zero-order valence-corrected chi connectivity index (χ0v) is 48.6. The Morgan fingerprint density at radius 3 is 0.797 bits per heavy atom. The van der Waals surface area contributed by atoms with Gasteiger partial charge in [-0.2, -0.15) is 0 Å². The van der Waals surface area contributed by atoms with Crippen molar-refractivity contribution in [3.05, 3.63) is 0 Å². The summed E-state index contributed by atoms with van der Waals surface area (Å²) in [6.45, 7) is 4.72. The van der Waals surface area contributed by atoms with Gasteiger partial charge < -0.3 is 33.8 Å². The van der Waals surface area contributed by atoms with Crippen molar-refractivity contribution < 1.29 is 80.2 Å². The number of phosphoric ester groups is 2. The monoisotopic (exact) mass is 1100 g/mol. The lowest BCUT2D eigenvalue weighted by Crippen LogP contribution is -2.30. The molecule has 0 aromatic carbocycles. The maximum Gasteiger partial charge on any atom is 0.472 e. The van der Waals surface area contributed by atoms with Crippen molar-refractivity contribution >= 4 is 39.5 Å². The van der Waals surface area contributed by atoms with Crippen LogP contribution in [0, 0.1) is 0 Å². The third kappa shape index (κ3) is 49.6. The van der Waals surface area contributed by atoms with Crippen LogP contribution in [0.5, 0.6) is 0 Å². The van der Waals surface area contributed by atoms with Gasteiger partial charge >= 0.3 is 39.5 Å². The molecule has 0 aliphatic heterocycles. The molecule has 0 spiro atoms. The Balaban J connectivity index is 5.19. The molecule has 5 atom stereocenters. The quantitative estimate of drug-likeness (QED) is 0.0222. The normalized spacial score (nSPS) is 14.4. The molecule has 17 nitrogen and oxygen atoms in total. The molecule has 74 heavy (non-hydrogen) atoms. The fourth-order valence-corrected chi connectivity index (χ4v) is 9.62. The molecule has 0 aromatic heterocycles. The van der Waals surface area contributed by atoms with Crippen LogP contribution in [0.2, 0.25) is 0 Å². The number of aliphatic hydroxyl groups is 1. The molecule has 0 radical (unpaired) electrons. The largest absolute Gasteiger partial charge is 0.472 e. The number of phosphoric acid groups is 2. The predicted molar refractivity (Wildman–Crippen MR) is 289 cm³/mol. The van der Waals surface area contributed by atoms with Gasteiger partial charge in [0.25, 0.3) is 0 Å². The Kier molecular flexibility index (Phi) is 49.2. The summed E-state index contributed by atoms with van der Waals surface area (Å²) in [7, 11) is -9.85. The van der Waals surface area contributed by atoms with E-state index in [4.69, 9.17) is 37.0 Å². The van der Waals surface area contributed by atoms with E-state index < -0.39 is 97.5 Å². The van der Waals surface area contributed by atoms with Crippen LogP contribution in [0.15, 0.2) is 0 Å². The summed E-state index contributed by atoms with van der Waals surface area (Å²) in [6, 6.07) is 0. The summed E-state index contributed by atoms with van der Waals surface area (Å²) in [6.07, 6.45) is 32.3. The lowest BCUT2D eigenvalue weighted by atomic mass is 10.1. The topological polar surface area (TPSA) is 237 Å². The van der Waals surface area contributed by atoms with Crippen LogP contribution in [-0.4, -0.2) is 96.7 Å². The van der Waals surface area contributed by atoms with Gasteiger partial charge in [0.15, 0.2) is 12.2 Å². The first-order valence-corrected chi connectivity index (χ1v) is 32.3. The van der Waals surface area contributed by atoms with E-state index in [0.29, 0.717) is 25.7 Å². The highest BCUT2D eigenvalue weighted by Gasteiger charge is 2.30. The van der Waals surface area contributed by atoms with Crippen molar-refractivity contribution in [1.82, 2.24) is 0 Å². The molecule has 0 amide bonds. The summed E-state index contributed by atoms with van der Waals surface area (Å²) in [5.74, 6) is -2.16. The van der Waals surface area contributed by atoms with Crippen molar-refractivity contribution in [2.24, 2.45) is 0 Å². The van der Waals surface area contributed by atoms with Gasteiger partial charge in [0.05, 0.1) is 26.4 Å². The standard InChI is InChI=1S/C55H106O17P2/c1-5-9-13-17-21-23-24-26-30-34-38-42-55(60)72-51(46-66-53(58)40-36-32-29-25-22-18-14-10-6-2)48-70-74(63,64)68-44-49(56)43-67-73(61,62)69-47-50(71-54(59)41-37-33-28-20-16-12-8-4)45-65-52(57)39-35-31-27-19-15-11-7-3/h49-51,56H,5-48H2,1-4H3,(H,61,62)(H,63,64)/t49-,50+,51+/m0/s1. The number of carbonyl (C=O) groups is 4. The van der Waals surface area contributed by atoms with Crippen LogP contribution in [0.25, 0.3) is 0 Å². The van der Waals surface area contributed by atoms with Crippen LogP contribution in [0.4, 0.5) is 0 Å². The van der Waals surface area contributed by atoms with Crippen LogP contribution in [0.3, 0.4) is 0 Å². The van der Waals surface area contributed by atoms with Crippen molar-refractivity contribution in [2.75, 3.05) is 39.6 Å². The Morgan fingerprint density at radius 2 is 0.541 bits per heavy atom. The highest BCUT2D eigenvalue weighted by molar-refractivity contribution is 7.47. The minimum atomic E-state index is -4.93. The SMILES string of the molecule is CCCCCCCCCCCCCC(=O)O[C@H](COC(=O)CCCCCCCCCCC)COP(=O)(O)OC[C@@H](O)COP(=O)(O)OC[C@@H](COC(=O)CCCCCCCCC)OC(=O)CCCCCCCCC. The highest BCUT2D eigenvalue weighted by Crippen LogP contribution is 2.45. The average molecular weight is 1100 g/mol. The van der Waals surface area contributed by atoms with Crippen molar-refractivity contribution in [3.63, 3.8) is 0 Å². The second-order valence-electron chi connectivity index (χ2n) is 20.0. The molecule has 438 valence electrons. The molecule has 0 bridgehead atoms. The zero-order valence-electron chi connectivity index (χ0n) is 46.8. The molecule has 19 heteroatoms. The summed E-state index contributed by atoms with van der Waals surface area (Å²) in [5.41, 5.74) is 0. The van der Waals surface area contributed by atoms with Gasteiger partial charge in [-0.05, 0) is 25.7 Å². The number of carbonyl (C=O) groups excluding carboxylic acids is 4. The first-order chi connectivity index (χ1) is 35.7. The molecule has 0 aromatic rings. The maximum absolute atomic E-state index is 12.9. The first-order valence-electron chi connectivity index (χ1n) is 29.3. The van der Waals surface area contributed by atoms with Gasteiger partial charge in [-0.15, -0.1) is 0 Å². The molecule has 0 saturated heterocycles. The molecule has 2 unspecified atom stereocenters. The third-order valence-corrected chi connectivity index (χ3v) is 14.5. The number of ether oxygens (including phenoxy) is 4. The lowest BCUT2D eigenvalue weighted by Gasteiger charge is -2.21. The molecular formula is C55H106O17P2. The molecule has 0 aliphatic carbocycles.